The van der Waals surface area contributed by atoms with Crippen molar-refractivity contribution in [2.45, 2.75) is 43.9 Å². The molecule has 0 radical (unpaired) electrons. The third-order valence-electron chi connectivity index (χ3n) is 6.92. The van der Waals surface area contributed by atoms with Crippen molar-refractivity contribution in [2.24, 2.45) is 16.6 Å². The van der Waals surface area contributed by atoms with Crippen LogP contribution >= 0.6 is 0 Å². The lowest BCUT2D eigenvalue weighted by Crippen LogP contribution is -2.55. The fourth-order valence-electron chi connectivity index (χ4n) is 5.37. The molecule has 1 spiro atoms. The topological polar surface area (TPSA) is 77.2 Å². The second kappa shape index (κ2) is 7.05. The van der Waals surface area contributed by atoms with Crippen molar-refractivity contribution in [3.8, 4) is 16.9 Å². The van der Waals surface area contributed by atoms with Gasteiger partial charge in [0.2, 0.25) is 0 Å². The lowest BCUT2D eigenvalue weighted by Gasteiger charge is -2.47. The van der Waals surface area contributed by atoms with Crippen LogP contribution in [0.3, 0.4) is 0 Å². The summed E-state index contributed by atoms with van der Waals surface area (Å²) >= 11 is 0. The van der Waals surface area contributed by atoms with E-state index in [-0.39, 0.29) is 35.8 Å². The number of aryl methyl sites for hydroxylation is 1. The summed E-state index contributed by atoms with van der Waals surface area (Å²) in [5.74, 6) is 0.239. The van der Waals surface area contributed by atoms with Gasteiger partial charge in [0.05, 0.1) is 6.10 Å². The number of benzene rings is 2. The van der Waals surface area contributed by atoms with Crippen molar-refractivity contribution in [2.75, 3.05) is 14.2 Å². The molecule has 3 aliphatic rings. The van der Waals surface area contributed by atoms with E-state index in [2.05, 4.69) is 0 Å². The van der Waals surface area contributed by atoms with Crippen LogP contribution in [0, 0.1) is 18.7 Å². The first-order chi connectivity index (χ1) is 14.8. The van der Waals surface area contributed by atoms with Gasteiger partial charge in [-0.1, -0.05) is 12.1 Å². The number of nitrogens with two attached hydrogens (primary N) is 1. The molecule has 6 nitrogen and oxygen atoms in total. The summed E-state index contributed by atoms with van der Waals surface area (Å²) in [6, 6.07) is 10.6. The Morgan fingerprint density at radius 2 is 2.03 bits per heavy atom. The van der Waals surface area contributed by atoms with Crippen LogP contribution in [0.4, 0.5) is 4.39 Å². The van der Waals surface area contributed by atoms with Crippen LogP contribution in [0.2, 0.25) is 0 Å². The van der Waals surface area contributed by atoms with Crippen molar-refractivity contribution in [3.63, 3.8) is 0 Å². The van der Waals surface area contributed by atoms with Crippen LogP contribution in [0.5, 0.6) is 5.75 Å². The second-order valence-corrected chi connectivity index (χ2v) is 8.76. The lowest BCUT2D eigenvalue weighted by molar-refractivity contribution is -0.138. The maximum atomic E-state index is 14.1. The van der Waals surface area contributed by atoms with Crippen LogP contribution in [0.25, 0.3) is 11.1 Å². The number of halogens is 1. The molecule has 0 saturated heterocycles. The Kier molecular flexibility index (Phi) is 4.55. The number of hydrogen-bond acceptors (Lipinski definition) is 5. The highest BCUT2D eigenvalue weighted by Gasteiger charge is 2.60. The SMILES string of the molecule is COC1CCC2[C@@H](C1)Oc1ccc(-c3cc(C)cc(F)c3)cc1C21N=C(N)N(C)C1=O. The molecule has 31 heavy (non-hydrogen) atoms. The molecule has 7 heteroatoms. The van der Waals surface area contributed by atoms with E-state index in [0.717, 1.165) is 29.5 Å². The molecule has 2 aliphatic heterocycles. The largest absolute Gasteiger partial charge is 0.490 e. The number of carbonyl (C=O) groups excluding carboxylic acids is 1. The average molecular weight is 423 g/mol. The Labute approximate surface area is 180 Å². The molecule has 2 aromatic carbocycles. The number of ether oxygens (including phenoxy) is 2. The van der Waals surface area contributed by atoms with Gasteiger partial charge in [0.25, 0.3) is 5.91 Å². The van der Waals surface area contributed by atoms with Crippen molar-refractivity contribution in [1.82, 2.24) is 4.90 Å². The number of nitrogens with zero attached hydrogens (tertiary/aromatic N) is 2. The van der Waals surface area contributed by atoms with Gasteiger partial charge in [-0.05, 0) is 60.7 Å². The van der Waals surface area contributed by atoms with Crippen LogP contribution in [-0.2, 0) is 15.1 Å². The predicted octanol–water partition coefficient (Wildman–Crippen LogP) is 3.36. The minimum atomic E-state index is -1.13. The molecule has 2 heterocycles. The third-order valence-corrected chi connectivity index (χ3v) is 6.92. The van der Waals surface area contributed by atoms with E-state index in [9.17, 15) is 9.18 Å². The van der Waals surface area contributed by atoms with Gasteiger partial charge < -0.3 is 15.2 Å². The zero-order chi connectivity index (χ0) is 21.9. The summed E-state index contributed by atoms with van der Waals surface area (Å²) in [7, 11) is 3.36. The zero-order valence-corrected chi connectivity index (χ0v) is 17.9. The predicted molar refractivity (Wildman–Crippen MR) is 115 cm³/mol. The summed E-state index contributed by atoms with van der Waals surface area (Å²) in [6.07, 6.45) is 2.15. The van der Waals surface area contributed by atoms with E-state index >= 15 is 0 Å². The number of amides is 1. The van der Waals surface area contributed by atoms with Gasteiger partial charge in [0.15, 0.2) is 11.5 Å². The Morgan fingerprint density at radius 1 is 1.23 bits per heavy atom. The summed E-state index contributed by atoms with van der Waals surface area (Å²) in [5, 5.41) is 0. The van der Waals surface area contributed by atoms with Gasteiger partial charge in [-0.3, -0.25) is 9.69 Å². The summed E-state index contributed by atoms with van der Waals surface area (Å²) < 4.78 is 26.0. The Bertz CT molecular complexity index is 1080. The van der Waals surface area contributed by atoms with E-state index < -0.39 is 5.54 Å². The minimum absolute atomic E-state index is 0.0879. The highest BCUT2D eigenvalue weighted by molar-refractivity contribution is 6.07. The lowest BCUT2D eigenvalue weighted by atomic mass is 9.66. The van der Waals surface area contributed by atoms with Gasteiger partial charge in [-0.15, -0.1) is 0 Å². The number of hydrogen-bond donors (Lipinski definition) is 1. The molecule has 162 valence electrons. The standard InChI is InChI=1S/C24H26FN3O3/c1-13-8-15(10-16(25)9-13)14-4-7-20-19(11-14)24(22(29)28(2)23(26)27-24)18-6-5-17(30-3)12-21(18)31-20/h4,7-11,17-18,21H,5-6,12H2,1-3H3,(H2,26,27)/t17?,18?,21-,24?/m1/s1. The zero-order valence-electron chi connectivity index (χ0n) is 17.9. The first-order valence-electron chi connectivity index (χ1n) is 10.6. The van der Waals surface area contributed by atoms with E-state index in [4.69, 9.17) is 20.2 Å². The summed E-state index contributed by atoms with van der Waals surface area (Å²) in [4.78, 5) is 19.8. The molecule has 5 rings (SSSR count). The Balaban J connectivity index is 1.69. The molecular formula is C24H26FN3O3. The molecule has 0 bridgehead atoms. The van der Waals surface area contributed by atoms with E-state index in [1.54, 1.807) is 14.2 Å². The smallest absolute Gasteiger partial charge is 0.262 e. The highest BCUT2D eigenvalue weighted by atomic mass is 19.1. The maximum Gasteiger partial charge on any atom is 0.262 e. The number of methoxy groups -OCH3 is 1. The molecule has 0 aromatic heterocycles. The Hall–Kier alpha value is -2.93. The van der Waals surface area contributed by atoms with Crippen LogP contribution in [-0.4, -0.2) is 43.1 Å². The number of aliphatic imine (C=N–C) groups is 1. The van der Waals surface area contributed by atoms with Gasteiger partial charge in [0, 0.05) is 32.1 Å². The molecule has 4 atom stereocenters. The summed E-state index contributed by atoms with van der Waals surface area (Å²) in [5.41, 5.74) is 8.09. The fraction of sp³-hybridized carbons (Fsp3) is 0.417. The monoisotopic (exact) mass is 423 g/mol. The average Bonchev–Trinajstić information content (AvgIpc) is 2.97. The number of fused-ring (bicyclic) bond motifs is 4. The number of likely N-dealkylation sites (N-methyl/N-ethyl adjacent to an activating group) is 1. The van der Waals surface area contributed by atoms with E-state index in [1.165, 1.54) is 17.0 Å². The number of carbonyl (C=O) groups is 1. The maximum absolute atomic E-state index is 14.1. The van der Waals surface area contributed by atoms with Crippen LogP contribution < -0.4 is 10.5 Å². The van der Waals surface area contributed by atoms with Crippen LogP contribution in [0.1, 0.15) is 30.4 Å². The van der Waals surface area contributed by atoms with E-state index in [0.29, 0.717) is 17.7 Å². The van der Waals surface area contributed by atoms with Crippen molar-refractivity contribution < 1.29 is 18.7 Å². The number of rotatable bonds is 2. The van der Waals surface area contributed by atoms with Crippen molar-refractivity contribution in [3.05, 3.63) is 53.3 Å². The third kappa shape index (κ3) is 2.94. The van der Waals surface area contributed by atoms with Crippen molar-refractivity contribution in [1.29, 1.82) is 0 Å². The first kappa shape index (κ1) is 20.0. The van der Waals surface area contributed by atoms with Gasteiger partial charge in [-0.2, -0.15) is 0 Å². The van der Waals surface area contributed by atoms with Gasteiger partial charge in [0.1, 0.15) is 17.7 Å². The molecule has 2 aromatic rings. The molecule has 1 saturated carbocycles. The fourth-order valence-corrected chi connectivity index (χ4v) is 5.37. The molecule has 3 unspecified atom stereocenters. The van der Waals surface area contributed by atoms with Gasteiger partial charge in [-0.25, -0.2) is 9.38 Å². The molecule has 1 fully saturated rings. The van der Waals surface area contributed by atoms with Crippen LogP contribution in [0.15, 0.2) is 41.4 Å². The second-order valence-electron chi connectivity index (χ2n) is 8.76. The molecule has 1 aliphatic carbocycles. The van der Waals surface area contributed by atoms with Gasteiger partial charge >= 0.3 is 0 Å². The van der Waals surface area contributed by atoms with E-state index in [1.807, 2.05) is 31.2 Å². The summed E-state index contributed by atoms with van der Waals surface area (Å²) in [6.45, 7) is 1.86. The highest BCUT2D eigenvalue weighted by Crippen LogP contribution is 2.54. The van der Waals surface area contributed by atoms with Crippen molar-refractivity contribution >= 4 is 11.9 Å². The first-order valence-corrected chi connectivity index (χ1v) is 10.6. The molecule has 2 N–H and O–H groups in total. The normalized spacial score (nSPS) is 29.4. The molecule has 1 amide bonds. The number of guanidine groups is 1. The molecular weight excluding hydrogens is 397 g/mol. The minimum Gasteiger partial charge on any atom is -0.490 e. The quantitative estimate of drug-likeness (QED) is 0.804. The Morgan fingerprint density at radius 3 is 2.71 bits per heavy atom.